The predicted molar refractivity (Wildman–Crippen MR) is 57.2 cm³/mol. The van der Waals surface area contributed by atoms with Crippen LogP contribution in [-0.4, -0.2) is 32.8 Å². The molecule has 1 atom stereocenters. The third-order valence-corrected chi connectivity index (χ3v) is 2.24. The minimum absolute atomic E-state index is 0.366. The van der Waals surface area contributed by atoms with E-state index in [2.05, 4.69) is 10.4 Å². The molecule has 1 aromatic rings. The fraction of sp³-hybridized carbons (Fsp3) is 0.500. The molecular weight excluding hydrogens is 210 g/mol. The second kappa shape index (κ2) is 4.78. The Labute approximate surface area is 93.3 Å². The van der Waals surface area contributed by atoms with Crippen molar-refractivity contribution in [2.24, 2.45) is 7.05 Å². The molecule has 0 aliphatic rings. The van der Waals surface area contributed by atoms with Crippen molar-refractivity contribution in [3.8, 4) is 0 Å². The maximum absolute atomic E-state index is 11.7. The smallest absolute Gasteiger partial charge is 0.325 e. The van der Waals surface area contributed by atoms with E-state index < -0.39 is 17.9 Å². The maximum atomic E-state index is 11.7. The molecule has 0 saturated heterocycles. The van der Waals surface area contributed by atoms with E-state index in [4.69, 9.17) is 5.11 Å². The number of carboxylic acids is 1. The molecule has 6 heteroatoms. The summed E-state index contributed by atoms with van der Waals surface area (Å²) in [6.07, 6.45) is 0.732. The molecule has 0 aliphatic heterocycles. The fourth-order valence-electron chi connectivity index (χ4n) is 1.24. The third-order valence-electron chi connectivity index (χ3n) is 2.24. The molecule has 0 unspecified atom stereocenters. The van der Waals surface area contributed by atoms with Crippen molar-refractivity contribution >= 4 is 11.9 Å². The summed E-state index contributed by atoms with van der Waals surface area (Å²) in [4.78, 5) is 22.2. The number of hydrogen-bond acceptors (Lipinski definition) is 3. The van der Waals surface area contributed by atoms with Crippen LogP contribution < -0.4 is 5.32 Å². The second-order valence-corrected chi connectivity index (χ2v) is 3.53. The van der Waals surface area contributed by atoms with Gasteiger partial charge in [-0.15, -0.1) is 0 Å². The van der Waals surface area contributed by atoms with Gasteiger partial charge < -0.3 is 10.4 Å². The van der Waals surface area contributed by atoms with Crippen LogP contribution in [0.15, 0.2) is 6.07 Å². The number of aromatic nitrogens is 2. The molecule has 0 aliphatic carbocycles. The van der Waals surface area contributed by atoms with Gasteiger partial charge in [0.15, 0.2) is 0 Å². The van der Waals surface area contributed by atoms with Gasteiger partial charge >= 0.3 is 5.97 Å². The van der Waals surface area contributed by atoms with Gasteiger partial charge in [0.1, 0.15) is 11.7 Å². The number of rotatable bonds is 4. The molecule has 0 bridgehead atoms. The second-order valence-electron chi connectivity index (χ2n) is 3.53. The van der Waals surface area contributed by atoms with Gasteiger partial charge in [0.25, 0.3) is 5.91 Å². The highest BCUT2D eigenvalue weighted by Crippen LogP contribution is 2.04. The van der Waals surface area contributed by atoms with Gasteiger partial charge in [0, 0.05) is 7.05 Å². The monoisotopic (exact) mass is 225 g/mol. The number of hydrogen-bond donors (Lipinski definition) is 2. The van der Waals surface area contributed by atoms with Crippen LogP contribution in [0, 0.1) is 0 Å². The number of amides is 1. The van der Waals surface area contributed by atoms with Gasteiger partial charge in [-0.1, -0.05) is 6.92 Å². The van der Waals surface area contributed by atoms with E-state index in [1.54, 1.807) is 13.1 Å². The van der Waals surface area contributed by atoms with E-state index in [9.17, 15) is 9.59 Å². The third kappa shape index (κ3) is 2.59. The number of aryl methyl sites for hydroxylation is 2. The number of carbonyl (C=O) groups excluding carboxylic acids is 1. The SMILES string of the molecule is CCc1cc(C(=O)N[C@@H](C)C(=O)O)n(C)n1. The van der Waals surface area contributed by atoms with E-state index in [0.717, 1.165) is 12.1 Å². The lowest BCUT2D eigenvalue weighted by Gasteiger charge is -2.08. The number of carbonyl (C=O) groups is 2. The molecule has 16 heavy (non-hydrogen) atoms. The summed E-state index contributed by atoms with van der Waals surface area (Å²) in [5.74, 6) is -1.49. The molecule has 1 amide bonds. The van der Waals surface area contributed by atoms with E-state index in [1.807, 2.05) is 6.92 Å². The molecule has 0 radical (unpaired) electrons. The highest BCUT2D eigenvalue weighted by molar-refractivity contribution is 5.95. The largest absolute Gasteiger partial charge is 0.480 e. The van der Waals surface area contributed by atoms with Crippen molar-refractivity contribution in [3.05, 3.63) is 17.5 Å². The van der Waals surface area contributed by atoms with Crippen LogP contribution in [0.4, 0.5) is 0 Å². The standard InChI is InChI=1S/C10H15N3O3/c1-4-7-5-8(13(3)12-7)9(14)11-6(2)10(15)16/h5-6H,4H2,1-3H3,(H,11,14)(H,15,16)/t6-/m0/s1. The summed E-state index contributed by atoms with van der Waals surface area (Å²) in [6, 6.07) is 0.747. The van der Waals surface area contributed by atoms with Gasteiger partial charge in [-0.2, -0.15) is 5.10 Å². The molecule has 0 aromatic carbocycles. The van der Waals surface area contributed by atoms with E-state index >= 15 is 0 Å². The lowest BCUT2D eigenvalue weighted by molar-refractivity contribution is -0.138. The molecule has 2 N–H and O–H groups in total. The zero-order chi connectivity index (χ0) is 12.3. The van der Waals surface area contributed by atoms with Crippen molar-refractivity contribution in [1.82, 2.24) is 15.1 Å². The number of nitrogens with zero attached hydrogens (tertiary/aromatic N) is 2. The molecule has 88 valence electrons. The molecule has 1 heterocycles. The summed E-state index contributed by atoms with van der Waals surface area (Å²) in [5.41, 5.74) is 1.17. The first-order chi connectivity index (χ1) is 7.45. The van der Waals surface area contributed by atoms with Gasteiger partial charge in [0.05, 0.1) is 5.69 Å². The first kappa shape index (κ1) is 12.2. The summed E-state index contributed by atoms with van der Waals surface area (Å²) in [6.45, 7) is 3.35. The quantitative estimate of drug-likeness (QED) is 0.765. The van der Waals surface area contributed by atoms with Crippen molar-refractivity contribution in [2.45, 2.75) is 26.3 Å². The van der Waals surface area contributed by atoms with E-state index in [0.29, 0.717) is 5.69 Å². The molecule has 0 spiro atoms. The Morgan fingerprint density at radius 3 is 2.69 bits per heavy atom. The Hall–Kier alpha value is -1.85. The first-order valence-electron chi connectivity index (χ1n) is 5.02. The summed E-state index contributed by atoms with van der Waals surface area (Å²) >= 11 is 0. The average molecular weight is 225 g/mol. The zero-order valence-electron chi connectivity index (χ0n) is 9.52. The van der Waals surface area contributed by atoms with Crippen LogP contribution in [0.5, 0.6) is 0 Å². The lowest BCUT2D eigenvalue weighted by Crippen LogP contribution is -2.39. The molecule has 6 nitrogen and oxygen atoms in total. The summed E-state index contributed by atoms with van der Waals surface area (Å²) in [7, 11) is 1.65. The van der Waals surface area contributed by atoms with Crippen LogP contribution in [0.1, 0.15) is 30.0 Å². The lowest BCUT2D eigenvalue weighted by atomic mass is 10.2. The fourth-order valence-corrected chi connectivity index (χ4v) is 1.24. The summed E-state index contributed by atoms with van der Waals surface area (Å²) in [5, 5.41) is 15.1. The van der Waals surface area contributed by atoms with Gasteiger partial charge in [0.2, 0.25) is 0 Å². The van der Waals surface area contributed by atoms with Crippen molar-refractivity contribution in [2.75, 3.05) is 0 Å². The molecule has 1 aromatic heterocycles. The maximum Gasteiger partial charge on any atom is 0.325 e. The van der Waals surface area contributed by atoms with Crippen molar-refractivity contribution in [1.29, 1.82) is 0 Å². The Kier molecular flexibility index (Phi) is 3.65. The van der Waals surface area contributed by atoms with Crippen LogP contribution >= 0.6 is 0 Å². The number of aliphatic carboxylic acids is 1. The molecular formula is C10H15N3O3. The molecule has 1 rings (SSSR count). The highest BCUT2D eigenvalue weighted by Gasteiger charge is 2.18. The van der Waals surface area contributed by atoms with Crippen molar-refractivity contribution < 1.29 is 14.7 Å². The van der Waals surface area contributed by atoms with Gasteiger partial charge in [-0.05, 0) is 19.4 Å². The summed E-state index contributed by atoms with van der Waals surface area (Å²) < 4.78 is 1.45. The predicted octanol–water partition coefficient (Wildman–Crippen LogP) is 0.185. The molecule has 0 saturated carbocycles. The topological polar surface area (TPSA) is 84.2 Å². The zero-order valence-corrected chi connectivity index (χ0v) is 9.52. The number of carboxylic acid groups (broad SMARTS) is 1. The van der Waals surface area contributed by atoms with Crippen LogP contribution in [0.3, 0.4) is 0 Å². The Bertz CT molecular complexity index is 411. The average Bonchev–Trinajstić information content (AvgIpc) is 2.59. The minimum Gasteiger partial charge on any atom is -0.480 e. The van der Waals surface area contributed by atoms with Crippen LogP contribution in [0.25, 0.3) is 0 Å². The first-order valence-corrected chi connectivity index (χ1v) is 5.02. The molecule has 0 fully saturated rings. The normalized spacial score (nSPS) is 12.2. The van der Waals surface area contributed by atoms with Crippen LogP contribution in [-0.2, 0) is 18.3 Å². The van der Waals surface area contributed by atoms with Crippen LogP contribution in [0.2, 0.25) is 0 Å². The Balaban J connectivity index is 2.80. The van der Waals surface area contributed by atoms with E-state index in [1.165, 1.54) is 11.6 Å². The Morgan fingerprint density at radius 2 is 2.25 bits per heavy atom. The van der Waals surface area contributed by atoms with Crippen molar-refractivity contribution in [3.63, 3.8) is 0 Å². The van der Waals surface area contributed by atoms with E-state index in [-0.39, 0.29) is 0 Å². The van der Waals surface area contributed by atoms with Gasteiger partial charge in [-0.25, -0.2) is 0 Å². The van der Waals surface area contributed by atoms with Gasteiger partial charge in [-0.3, -0.25) is 14.3 Å². The Morgan fingerprint density at radius 1 is 1.62 bits per heavy atom. The minimum atomic E-state index is -1.06. The highest BCUT2D eigenvalue weighted by atomic mass is 16.4. The number of nitrogens with one attached hydrogen (secondary N) is 1.